The Balaban J connectivity index is 1.45. The van der Waals surface area contributed by atoms with Gasteiger partial charge in [-0.05, 0) is 19.1 Å². The number of allylic oxidation sites excluding steroid dienone is 1. The first-order valence-electron chi connectivity index (χ1n) is 10.3. The van der Waals surface area contributed by atoms with Crippen LogP contribution >= 0.6 is 0 Å². The van der Waals surface area contributed by atoms with Crippen molar-refractivity contribution in [3.05, 3.63) is 48.4 Å². The number of anilines is 1. The van der Waals surface area contributed by atoms with Gasteiger partial charge in [0.2, 0.25) is 0 Å². The molecule has 2 aromatic rings. The molecule has 0 saturated carbocycles. The molecule has 7 nitrogen and oxygen atoms in total. The van der Waals surface area contributed by atoms with E-state index in [9.17, 15) is 0 Å². The third-order valence-electron chi connectivity index (χ3n) is 5.88. The van der Waals surface area contributed by atoms with Crippen molar-refractivity contribution in [2.45, 2.75) is 13.8 Å². The van der Waals surface area contributed by atoms with Crippen LogP contribution in [0.5, 0.6) is 6.01 Å². The zero-order valence-electron chi connectivity index (χ0n) is 17.8. The Morgan fingerprint density at radius 3 is 2.40 bits per heavy atom. The van der Waals surface area contributed by atoms with Crippen LogP contribution in [-0.2, 0) is 0 Å². The summed E-state index contributed by atoms with van der Waals surface area (Å²) in [6, 6.07) is 8.79. The summed E-state index contributed by atoms with van der Waals surface area (Å²) in [5, 5.41) is 7.86. The highest BCUT2D eigenvalue weighted by atomic mass is 16.5. The highest BCUT2D eigenvalue weighted by Gasteiger charge is 2.24. The van der Waals surface area contributed by atoms with Gasteiger partial charge in [0.15, 0.2) is 0 Å². The molecule has 1 atom stereocenters. The number of aromatic nitrogens is 2. The SMILES string of the molecule is COc1ncc(-c2ccccc2N2CCN(C3=CC(C(C)C(C)=N)=NC3)CC2)cn1. The number of nitrogens with zero attached hydrogens (tertiary/aromatic N) is 5. The highest BCUT2D eigenvalue weighted by molar-refractivity contribution is 6.11. The lowest BCUT2D eigenvalue weighted by atomic mass is 10.0. The van der Waals surface area contributed by atoms with E-state index in [4.69, 9.17) is 10.1 Å². The van der Waals surface area contributed by atoms with Crippen molar-refractivity contribution in [2.75, 3.05) is 44.7 Å². The normalized spacial score (nSPS) is 17.4. The lowest BCUT2D eigenvalue weighted by molar-refractivity contribution is 0.320. The van der Waals surface area contributed by atoms with Gasteiger partial charge in [-0.3, -0.25) is 4.99 Å². The molecule has 3 heterocycles. The minimum atomic E-state index is 0.0994. The van der Waals surface area contributed by atoms with Gasteiger partial charge >= 0.3 is 6.01 Å². The number of methoxy groups -OCH3 is 1. The molecule has 2 aliphatic heterocycles. The Morgan fingerprint density at radius 1 is 1.07 bits per heavy atom. The van der Waals surface area contributed by atoms with Crippen LogP contribution in [0.3, 0.4) is 0 Å². The summed E-state index contributed by atoms with van der Waals surface area (Å²) in [7, 11) is 1.57. The van der Waals surface area contributed by atoms with Crippen LogP contribution in [0.15, 0.2) is 53.4 Å². The summed E-state index contributed by atoms with van der Waals surface area (Å²) in [5.74, 6) is 0.0994. The summed E-state index contributed by atoms with van der Waals surface area (Å²) >= 11 is 0. The lowest BCUT2D eigenvalue weighted by Crippen LogP contribution is -2.46. The number of aliphatic imine (C=N–C) groups is 1. The number of rotatable bonds is 6. The Kier molecular flexibility index (Phi) is 5.79. The van der Waals surface area contributed by atoms with Crippen molar-refractivity contribution >= 4 is 17.1 Å². The molecule has 156 valence electrons. The topological polar surface area (TPSA) is 77.7 Å². The quantitative estimate of drug-likeness (QED) is 0.748. The van der Waals surface area contributed by atoms with Gasteiger partial charge in [-0.25, -0.2) is 9.97 Å². The fraction of sp³-hybridized carbons (Fsp3) is 0.391. The summed E-state index contributed by atoms with van der Waals surface area (Å²) in [6.07, 6.45) is 5.81. The standard InChI is InChI=1S/C23H28N6O/c1-16(17(2)24)21-12-19(15-25-21)28-8-10-29(11-9-28)22-7-5-4-6-20(22)18-13-26-23(30-3)27-14-18/h4-7,12-14,16,24H,8-11,15H2,1-3H3. The fourth-order valence-electron chi connectivity index (χ4n) is 3.90. The summed E-state index contributed by atoms with van der Waals surface area (Å²) < 4.78 is 5.08. The molecule has 0 amide bonds. The Hall–Kier alpha value is -3.22. The van der Waals surface area contributed by atoms with Crippen LogP contribution in [0, 0.1) is 11.3 Å². The van der Waals surface area contributed by atoms with Crippen LogP contribution < -0.4 is 9.64 Å². The lowest BCUT2D eigenvalue weighted by Gasteiger charge is -2.38. The minimum Gasteiger partial charge on any atom is -0.467 e. The predicted octanol–water partition coefficient (Wildman–Crippen LogP) is 3.29. The van der Waals surface area contributed by atoms with Crippen molar-refractivity contribution in [1.29, 1.82) is 5.41 Å². The van der Waals surface area contributed by atoms with Crippen LogP contribution in [0.1, 0.15) is 13.8 Å². The molecule has 2 aliphatic rings. The molecule has 0 spiro atoms. The molecular weight excluding hydrogens is 376 g/mol. The van der Waals surface area contributed by atoms with Crippen molar-refractivity contribution in [3.8, 4) is 17.1 Å². The number of hydrogen-bond acceptors (Lipinski definition) is 7. The number of para-hydroxylation sites is 1. The van der Waals surface area contributed by atoms with E-state index in [0.717, 1.165) is 49.6 Å². The average Bonchev–Trinajstić information content (AvgIpc) is 3.29. The molecule has 0 bridgehead atoms. The van der Waals surface area contributed by atoms with E-state index in [-0.39, 0.29) is 5.92 Å². The highest BCUT2D eigenvalue weighted by Crippen LogP contribution is 2.31. The smallest absolute Gasteiger partial charge is 0.316 e. The monoisotopic (exact) mass is 404 g/mol. The van der Waals surface area contributed by atoms with Crippen molar-refractivity contribution in [2.24, 2.45) is 10.9 Å². The van der Waals surface area contributed by atoms with E-state index in [0.29, 0.717) is 11.7 Å². The molecule has 1 unspecified atom stereocenters. The van der Waals surface area contributed by atoms with Gasteiger partial charge in [-0.2, -0.15) is 0 Å². The third-order valence-corrected chi connectivity index (χ3v) is 5.88. The Bertz CT molecular complexity index is 973. The van der Waals surface area contributed by atoms with E-state index >= 15 is 0 Å². The Morgan fingerprint density at radius 2 is 1.73 bits per heavy atom. The van der Waals surface area contributed by atoms with E-state index in [2.05, 4.69) is 56.0 Å². The Labute approximate surface area is 177 Å². The maximum Gasteiger partial charge on any atom is 0.316 e. The molecule has 1 aromatic carbocycles. The van der Waals surface area contributed by atoms with Gasteiger partial charge < -0.3 is 19.9 Å². The molecule has 1 aromatic heterocycles. The van der Waals surface area contributed by atoms with Crippen molar-refractivity contribution < 1.29 is 4.74 Å². The molecule has 0 radical (unpaired) electrons. The van der Waals surface area contributed by atoms with E-state index in [1.165, 1.54) is 11.4 Å². The molecular formula is C23H28N6O. The first-order valence-corrected chi connectivity index (χ1v) is 10.3. The molecule has 4 rings (SSSR count). The molecule has 1 saturated heterocycles. The van der Waals surface area contributed by atoms with Crippen LogP contribution in [0.4, 0.5) is 5.69 Å². The predicted molar refractivity (Wildman–Crippen MR) is 121 cm³/mol. The number of piperazine rings is 1. The second-order valence-electron chi connectivity index (χ2n) is 7.73. The van der Waals surface area contributed by atoms with Gasteiger partial charge in [0, 0.05) is 78.4 Å². The molecule has 1 N–H and O–H groups in total. The minimum absolute atomic E-state index is 0.0994. The number of nitrogens with one attached hydrogen (secondary N) is 1. The van der Waals surface area contributed by atoms with Crippen molar-refractivity contribution in [1.82, 2.24) is 14.9 Å². The van der Waals surface area contributed by atoms with E-state index in [1.54, 1.807) is 7.11 Å². The third kappa shape index (κ3) is 4.06. The first-order chi connectivity index (χ1) is 14.6. The molecule has 7 heteroatoms. The van der Waals surface area contributed by atoms with Gasteiger partial charge in [-0.15, -0.1) is 0 Å². The van der Waals surface area contributed by atoms with Crippen LogP contribution in [0.2, 0.25) is 0 Å². The van der Waals surface area contributed by atoms with Crippen LogP contribution in [0.25, 0.3) is 11.1 Å². The van der Waals surface area contributed by atoms with Gasteiger partial charge in [0.05, 0.1) is 13.7 Å². The number of hydrogen-bond donors (Lipinski definition) is 1. The van der Waals surface area contributed by atoms with E-state index < -0.39 is 0 Å². The first kappa shape index (κ1) is 20.1. The zero-order chi connectivity index (χ0) is 21.1. The van der Waals surface area contributed by atoms with Gasteiger partial charge in [-0.1, -0.05) is 25.1 Å². The summed E-state index contributed by atoms with van der Waals surface area (Å²) in [4.78, 5) is 18.0. The van der Waals surface area contributed by atoms with Gasteiger partial charge in [0.25, 0.3) is 0 Å². The number of benzene rings is 1. The second kappa shape index (κ2) is 8.65. The van der Waals surface area contributed by atoms with E-state index in [1.807, 2.05) is 25.4 Å². The average molecular weight is 405 g/mol. The maximum absolute atomic E-state index is 7.86. The second-order valence-corrected chi connectivity index (χ2v) is 7.73. The summed E-state index contributed by atoms with van der Waals surface area (Å²) in [5.41, 5.74) is 6.29. The maximum atomic E-state index is 7.86. The molecule has 30 heavy (non-hydrogen) atoms. The largest absolute Gasteiger partial charge is 0.467 e. The van der Waals surface area contributed by atoms with Gasteiger partial charge in [0.1, 0.15) is 0 Å². The fourth-order valence-corrected chi connectivity index (χ4v) is 3.90. The molecule has 1 fully saturated rings. The summed E-state index contributed by atoms with van der Waals surface area (Å²) in [6.45, 7) is 8.44. The zero-order valence-corrected chi connectivity index (χ0v) is 17.8. The number of ether oxygens (including phenoxy) is 1. The molecule has 0 aliphatic carbocycles. The van der Waals surface area contributed by atoms with Crippen molar-refractivity contribution in [3.63, 3.8) is 0 Å². The van der Waals surface area contributed by atoms with Crippen LogP contribution in [-0.4, -0.2) is 66.1 Å².